The number of carbonyl (C=O) groups excluding carboxylic acids is 2. The van der Waals surface area contributed by atoms with E-state index < -0.39 is 6.04 Å². The number of hydrogen-bond donors (Lipinski definition) is 1. The van der Waals surface area contributed by atoms with E-state index in [1.165, 1.54) is 0 Å². The summed E-state index contributed by atoms with van der Waals surface area (Å²) >= 11 is 0. The second kappa shape index (κ2) is 6.38. The van der Waals surface area contributed by atoms with Gasteiger partial charge in [0.05, 0.1) is 0 Å². The van der Waals surface area contributed by atoms with Gasteiger partial charge in [-0.25, -0.2) is 9.59 Å². The minimum Gasteiger partial charge on any atom is -0.459 e. The summed E-state index contributed by atoms with van der Waals surface area (Å²) in [5, 5.41) is 2.81. The van der Waals surface area contributed by atoms with Gasteiger partial charge in [-0.05, 0) is 37.7 Å². The minimum atomic E-state index is -0.422. The fourth-order valence-electron chi connectivity index (χ4n) is 3.64. The first kappa shape index (κ1) is 14.9. The molecule has 1 aliphatic heterocycles. The van der Waals surface area contributed by atoms with Crippen LogP contribution in [0.2, 0.25) is 0 Å². The largest absolute Gasteiger partial charge is 0.459 e. The Kier molecular flexibility index (Phi) is 4.32. The SMILES string of the molecule is CCNC(=O)N1[C@H]2CC[C@@H](C2)[C@H]1C(=O)OCc1ccccc1. The van der Waals surface area contributed by atoms with Gasteiger partial charge in [0.2, 0.25) is 0 Å². The number of urea groups is 1. The van der Waals surface area contributed by atoms with Crippen LogP contribution in [0.5, 0.6) is 0 Å². The van der Waals surface area contributed by atoms with E-state index in [-0.39, 0.29) is 30.6 Å². The number of benzene rings is 1. The van der Waals surface area contributed by atoms with E-state index in [2.05, 4.69) is 5.32 Å². The summed E-state index contributed by atoms with van der Waals surface area (Å²) in [5.74, 6) is -0.0295. The van der Waals surface area contributed by atoms with Crippen molar-refractivity contribution < 1.29 is 14.3 Å². The zero-order valence-electron chi connectivity index (χ0n) is 12.8. The molecule has 1 aromatic rings. The van der Waals surface area contributed by atoms with Crippen molar-refractivity contribution in [2.45, 2.75) is 44.9 Å². The first-order chi connectivity index (χ1) is 10.7. The average molecular weight is 302 g/mol. The highest BCUT2D eigenvalue weighted by molar-refractivity contribution is 5.85. The molecule has 5 nitrogen and oxygen atoms in total. The van der Waals surface area contributed by atoms with E-state index in [0.717, 1.165) is 24.8 Å². The van der Waals surface area contributed by atoms with Gasteiger partial charge in [0.15, 0.2) is 0 Å². The van der Waals surface area contributed by atoms with Crippen LogP contribution in [0.4, 0.5) is 4.79 Å². The van der Waals surface area contributed by atoms with Crippen LogP contribution in [0.25, 0.3) is 0 Å². The van der Waals surface area contributed by atoms with Crippen molar-refractivity contribution in [3.8, 4) is 0 Å². The molecule has 1 heterocycles. The first-order valence-electron chi connectivity index (χ1n) is 7.97. The van der Waals surface area contributed by atoms with E-state index in [9.17, 15) is 9.59 Å². The molecule has 3 atom stereocenters. The molecule has 0 unspecified atom stereocenters. The number of rotatable bonds is 4. The van der Waals surface area contributed by atoms with Crippen LogP contribution in [0.3, 0.4) is 0 Å². The van der Waals surface area contributed by atoms with E-state index in [0.29, 0.717) is 6.54 Å². The molecule has 118 valence electrons. The smallest absolute Gasteiger partial charge is 0.329 e. The van der Waals surface area contributed by atoms with Crippen LogP contribution in [-0.2, 0) is 16.1 Å². The third kappa shape index (κ3) is 2.80. The van der Waals surface area contributed by atoms with Gasteiger partial charge in [-0.2, -0.15) is 0 Å². The molecular formula is C17H22N2O3. The topological polar surface area (TPSA) is 58.6 Å². The number of likely N-dealkylation sites (tertiary alicyclic amines) is 1. The maximum absolute atomic E-state index is 12.5. The molecular weight excluding hydrogens is 280 g/mol. The van der Waals surface area contributed by atoms with Crippen molar-refractivity contribution in [1.82, 2.24) is 10.2 Å². The summed E-state index contributed by atoms with van der Waals surface area (Å²) in [6, 6.07) is 9.24. The van der Waals surface area contributed by atoms with Crippen molar-refractivity contribution in [3.63, 3.8) is 0 Å². The standard InChI is InChI=1S/C17H22N2O3/c1-2-18-17(21)19-14-9-8-13(10-14)15(19)16(20)22-11-12-6-4-3-5-7-12/h3-7,13-15H,2,8-11H2,1H3,(H,18,21)/t13-,14-,15-/m0/s1. The number of carbonyl (C=O) groups is 2. The molecule has 5 heteroatoms. The molecule has 22 heavy (non-hydrogen) atoms. The Bertz CT molecular complexity index is 546. The van der Waals surface area contributed by atoms with Crippen molar-refractivity contribution in [2.75, 3.05) is 6.54 Å². The van der Waals surface area contributed by atoms with Crippen molar-refractivity contribution in [3.05, 3.63) is 35.9 Å². The molecule has 2 bridgehead atoms. The van der Waals surface area contributed by atoms with Gasteiger partial charge in [-0.3, -0.25) is 0 Å². The highest BCUT2D eigenvalue weighted by atomic mass is 16.5. The second-order valence-electron chi connectivity index (χ2n) is 6.01. The minimum absolute atomic E-state index is 0.142. The number of hydrogen-bond acceptors (Lipinski definition) is 3. The van der Waals surface area contributed by atoms with Crippen LogP contribution in [0.15, 0.2) is 30.3 Å². The molecule has 0 spiro atoms. The van der Waals surface area contributed by atoms with Crippen molar-refractivity contribution in [2.24, 2.45) is 5.92 Å². The van der Waals surface area contributed by atoms with Crippen LogP contribution in [-0.4, -0.2) is 35.5 Å². The van der Waals surface area contributed by atoms with E-state index >= 15 is 0 Å². The summed E-state index contributed by atoms with van der Waals surface area (Å²) in [6.45, 7) is 2.71. The number of nitrogens with one attached hydrogen (secondary N) is 1. The van der Waals surface area contributed by atoms with Crippen LogP contribution < -0.4 is 5.32 Å². The Labute approximate surface area is 130 Å². The van der Waals surface area contributed by atoms with E-state index in [4.69, 9.17) is 4.74 Å². The Morgan fingerprint density at radius 3 is 2.77 bits per heavy atom. The predicted molar refractivity (Wildman–Crippen MR) is 82.1 cm³/mol. The molecule has 2 fully saturated rings. The highest BCUT2D eigenvalue weighted by Gasteiger charge is 2.52. The molecule has 0 radical (unpaired) electrons. The number of nitrogens with zero attached hydrogens (tertiary/aromatic N) is 1. The van der Waals surface area contributed by atoms with E-state index in [1.54, 1.807) is 4.90 Å². The van der Waals surface area contributed by atoms with Gasteiger partial charge in [0.1, 0.15) is 12.6 Å². The number of esters is 1. The van der Waals surface area contributed by atoms with Crippen LogP contribution in [0.1, 0.15) is 31.7 Å². The number of ether oxygens (including phenoxy) is 1. The Hall–Kier alpha value is -2.04. The zero-order valence-corrected chi connectivity index (χ0v) is 12.8. The lowest BCUT2D eigenvalue weighted by molar-refractivity contribution is -0.151. The van der Waals surface area contributed by atoms with E-state index in [1.807, 2.05) is 37.3 Å². The highest BCUT2D eigenvalue weighted by Crippen LogP contribution is 2.42. The summed E-state index contributed by atoms with van der Waals surface area (Å²) in [4.78, 5) is 26.4. The molecule has 2 aliphatic rings. The molecule has 1 aliphatic carbocycles. The molecule has 2 amide bonds. The maximum Gasteiger partial charge on any atom is 0.329 e. The lowest BCUT2D eigenvalue weighted by Gasteiger charge is -2.33. The summed E-state index contributed by atoms with van der Waals surface area (Å²) in [5.41, 5.74) is 0.962. The van der Waals surface area contributed by atoms with Gasteiger partial charge in [-0.15, -0.1) is 0 Å². The fraction of sp³-hybridized carbons (Fsp3) is 0.529. The van der Waals surface area contributed by atoms with Crippen LogP contribution in [0, 0.1) is 5.92 Å². The second-order valence-corrected chi connectivity index (χ2v) is 6.01. The molecule has 0 aromatic heterocycles. The van der Waals surface area contributed by atoms with Gasteiger partial charge in [-0.1, -0.05) is 30.3 Å². The first-order valence-corrected chi connectivity index (χ1v) is 7.97. The zero-order chi connectivity index (χ0) is 15.5. The molecule has 1 aromatic carbocycles. The lowest BCUT2D eigenvalue weighted by Crippen LogP contribution is -2.53. The summed E-state index contributed by atoms with van der Waals surface area (Å²) in [6.07, 6.45) is 2.91. The Morgan fingerprint density at radius 1 is 1.27 bits per heavy atom. The predicted octanol–water partition coefficient (Wildman–Crippen LogP) is 2.31. The quantitative estimate of drug-likeness (QED) is 0.868. The summed E-state index contributed by atoms with van der Waals surface area (Å²) < 4.78 is 5.46. The Morgan fingerprint density at radius 2 is 2.05 bits per heavy atom. The number of amides is 2. The number of piperidine rings is 1. The molecule has 3 rings (SSSR count). The molecule has 1 N–H and O–H groups in total. The third-order valence-electron chi connectivity index (χ3n) is 4.61. The fourth-order valence-corrected chi connectivity index (χ4v) is 3.64. The van der Waals surface area contributed by atoms with Crippen molar-refractivity contribution >= 4 is 12.0 Å². The van der Waals surface area contributed by atoms with Crippen molar-refractivity contribution in [1.29, 1.82) is 0 Å². The normalized spacial score (nSPS) is 26.0. The summed E-state index contributed by atoms with van der Waals surface area (Å²) in [7, 11) is 0. The molecule has 1 saturated heterocycles. The van der Waals surface area contributed by atoms with Gasteiger partial charge in [0, 0.05) is 12.6 Å². The molecule has 1 saturated carbocycles. The number of fused-ring (bicyclic) bond motifs is 2. The Balaban J connectivity index is 1.66. The lowest BCUT2D eigenvalue weighted by atomic mass is 9.99. The van der Waals surface area contributed by atoms with Gasteiger partial charge in [0.25, 0.3) is 0 Å². The average Bonchev–Trinajstić information content (AvgIpc) is 3.14. The maximum atomic E-state index is 12.5. The van der Waals surface area contributed by atoms with Gasteiger partial charge < -0.3 is 15.0 Å². The van der Waals surface area contributed by atoms with Crippen LogP contribution >= 0.6 is 0 Å². The third-order valence-corrected chi connectivity index (χ3v) is 4.61. The monoisotopic (exact) mass is 302 g/mol. The van der Waals surface area contributed by atoms with Gasteiger partial charge >= 0.3 is 12.0 Å².